The van der Waals surface area contributed by atoms with Crippen molar-refractivity contribution in [2.45, 2.75) is 6.92 Å². The molecule has 4 aromatic rings. The van der Waals surface area contributed by atoms with Gasteiger partial charge in [-0.15, -0.1) is 10.2 Å². The van der Waals surface area contributed by atoms with Gasteiger partial charge >= 0.3 is 0 Å². The van der Waals surface area contributed by atoms with E-state index in [4.69, 9.17) is 4.74 Å². The number of fused-ring (bicyclic) bond motifs is 1. The number of benzene rings is 1. The molecule has 1 amide bonds. The van der Waals surface area contributed by atoms with Crippen LogP contribution in [0, 0.1) is 0 Å². The quantitative estimate of drug-likeness (QED) is 0.588. The maximum atomic E-state index is 12.6. The molecule has 27 heavy (non-hydrogen) atoms. The molecule has 1 N–H and O–H groups in total. The van der Waals surface area contributed by atoms with Crippen molar-refractivity contribution >= 4 is 17.2 Å². The average molecular weight is 360 g/mol. The van der Waals surface area contributed by atoms with E-state index in [0.29, 0.717) is 29.4 Å². The second kappa shape index (κ2) is 7.20. The zero-order chi connectivity index (χ0) is 18.6. The number of aromatic nitrogens is 5. The summed E-state index contributed by atoms with van der Waals surface area (Å²) in [5, 5.41) is 15.1. The highest BCUT2D eigenvalue weighted by Gasteiger charge is 2.14. The second-order valence-electron chi connectivity index (χ2n) is 5.68. The summed E-state index contributed by atoms with van der Waals surface area (Å²) in [6, 6.07) is 14.5. The Morgan fingerprint density at radius 1 is 1.19 bits per heavy atom. The Hall–Kier alpha value is -3.81. The molecule has 3 heterocycles. The van der Waals surface area contributed by atoms with E-state index in [-0.39, 0.29) is 5.91 Å². The lowest BCUT2D eigenvalue weighted by atomic mass is 10.1. The van der Waals surface area contributed by atoms with E-state index < -0.39 is 0 Å². The summed E-state index contributed by atoms with van der Waals surface area (Å²) >= 11 is 0. The summed E-state index contributed by atoms with van der Waals surface area (Å²) in [4.78, 5) is 16.7. The van der Waals surface area contributed by atoms with E-state index in [9.17, 15) is 4.79 Å². The number of carbonyl (C=O) groups is 1. The maximum Gasteiger partial charge on any atom is 0.261 e. The van der Waals surface area contributed by atoms with Gasteiger partial charge in [0.15, 0.2) is 5.65 Å². The average Bonchev–Trinajstić information content (AvgIpc) is 3.16. The van der Waals surface area contributed by atoms with Gasteiger partial charge in [-0.3, -0.25) is 4.79 Å². The fraction of sp³-hybridized carbons (Fsp3) is 0.105. The minimum Gasteiger partial charge on any atom is -0.477 e. The largest absolute Gasteiger partial charge is 0.477 e. The van der Waals surface area contributed by atoms with Crippen LogP contribution in [0.25, 0.3) is 16.9 Å². The molecule has 1 aromatic carbocycles. The third-order valence-corrected chi connectivity index (χ3v) is 3.87. The first-order chi connectivity index (χ1) is 13.2. The number of anilines is 1. The molecular formula is C19H16N6O2. The van der Waals surface area contributed by atoms with Crippen molar-refractivity contribution in [3.05, 3.63) is 66.6 Å². The van der Waals surface area contributed by atoms with Crippen LogP contribution in [0.1, 0.15) is 17.3 Å². The molecule has 0 atom stereocenters. The van der Waals surface area contributed by atoms with Crippen molar-refractivity contribution in [1.82, 2.24) is 24.8 Å². The predicted molar refractivity (Wildman–Crippen MR) is 99.6 cm³/mol. The second-order valence-corrected chi connectivity index (χ2v) is 5.68. The molecule has 0 spiro atoms. The van der Waals surface area contributed by atoms with Gasteiger partial charge in [0.1, 0.15) is 11.9 Å². The van der Waals surface area contributed by atoms with Gasteiger partial charge < -0.3 is 10.1 Å². The molecule has 8 nitrogen and oxygen atoms in total. The van der Waals surface area contributed by atoms with Crippen LogP contribution < -0.4 is 10.1 Å². The standard InChI is InChI=1S/C19H16N6O2/c1-2-27-19-15(7-4-10-20-19)18(26)22-14-6-3-5-13(11-14)16-8-9-17-23-21-12-25(17)24-16/h3-12H,2H2,1H3,(H,22,26). The number of pyridine rings is 1. The van der Waals surface area contributed by atoms with Crippen molar-refractivity contribution in [3.8, 4) is 17.1 Å². The SMILES string of the molecule is CCOc1ncccc1C(=O)Nc1cccc(-c2ccc3nncn3n2)c1. The van der Waals surface area contributed by atoms with Crippen LogP contribution in [0.5, 0.6) is 5.88 Å². The van der Waals surface area contributed by atoms with Gasteiger partial charge in [0.2, 0.25) is 5.88 Å². The van der Waals surface area contributed by atoms with Crippen molar-refractivity contribution in [1.29, 1.82) is 0 Å². The zero-order valence-corrected chi connectivity index (χ0v) is 14.5. The third kappa shape index (κ3) is 3.45. The Kier molecular flexibility index (Phi) is 4.44. The van der Waals surface area contributed by atoms with Gasteiger partial charge in [0, 0.05) is 17.4 Å². The van der Waals surface area contributed by atoms with E-state index in [1.165, 1.54) is 0 Å². The molecule has 0 fully saturated rings. The highest BCUT2D eigenvalue weighted by Crippen LogP contribution is 2.22. The first-order valence-corrected chi connectivity index (χ1v) is 8.41. The molecule has 0 bridgehead atoms. The summed E-state index contributed by atoms with van der Waals surface area (Å²) in [7, 11) is 0. The van der Waals surface area contributed by atoms with Crippen LogP contribution in [0.3, 0.4) is 0 Å². The molecule has 0 aliphatic carbocycles. The van der Waals surface area contributed by atoms with Gasteiger partial charge in [-0.05, 0) is 43.3 Å². The minimum atomic E-state index is -0.286. The van der Waals surface area contributed by atoms with Crippen LogP contribution in [-0.2, 0) is 0 Å². The predicted octanol–water partition coefficient (Wildman–Crippen LogP) is 2.84. The Labute approximate surface area is 154 Å². The van der Waals surface area contributed by atoms with Crippen molar-refractivity contribution in [2.24, 2.45) is 0 Å². The number of nitrogens with zero attached hydrogens (tertiary/aromatic N) is 5. The van der Waals surface area contributed by atoms with Gasteiger partial charge in [-0.25, -0.2) is 4.98 Å². The third-order valence-electron chi connectivity index (χ3n) is 3.87. The molecular weight excluding hydrogens is 344 g/mol. The van der Waals surface area contributed by atoms with Gasteiger partial charge in [0.25, 0.3) is 5.91 Å². The first-order valence-electron chi connectivity index (χ1n) is 8.41. The lowest BCUT2D eigenvalue weighted by Gasteiger charge is -2.10. The number of carbonyl (C=O) groups excluding carboxylic acids is 1. The molecule has 134 valence electrons. The summed E-state index contributed by atoms with van der Waals surface area (Å²) < 4.78 is 7.03. The van der Waals surface area contributed by atoms with Crippen LogP contribution >= 0.6 is 0 Å². The molecule has 0 saturated heterocycles. The molecule has 0 aliphatic heterocycles. The molecule has 0 saturated carbocycles. The number of hydrogen-bond donors (Lipinski definition) is 1. The molecule has 8 heteroatoms. The first kappa shape index (κ1) is 16.6. The lowest BCUT2D eigenvalue weighted by molar-refractivity contribution is 0.102. The van der Waals surface area contributed by atoms with E-state index in [2.05, 4.69) is 25.6 Å². The van der Waals surface area contributed by atoms with E-state index in [1.54, 1.807) is 29.2 Å². The highest BCUT2D eigenvalue weighted by molar-refractivity contribution is 6.06. The molecule has 0 unspecified atom stereocenters. The monoisotopic (exact) mass is 360 g/mol. The number of rotatable bonds is 5. The maximum absolute atomic E-state index is 12.6. The van der Waals surface area contributed by atoms with Crippen molar-refractivity contribution in [2.75, 3.05) is 11.9 Å². The smallest absolute Gasteiger partial charge is 0.261 e. The van der Waals surface area contributed by atoms with Crippen LogP contribution in [0.4, 0.5) is 5.69 Å². The summed E-state index contributed by atoms with van der Waals surface area (Å²) in [6.07, 6.45) is 3.14. The lowest BCUT2D eigenvalue weighted by Crippen LogP contribution is -2.14. The molecule has 3 aromatic heterocycles. The summed E-state index contributed by atoms with van der Waals surface area (Å²) in [6.45, 7) is 2.28. The topological polar surface area (TPSA) is 94.3 Å². The fourth-order valence-electron chi connectivity index (χ4n) is 2.65. The Morgan fingerprint density at radius 2 is 2.11 bits per heavy atom. The van der Waals surface area contributed by atoms with Crippen LogP contribution in [-0.4, -0.2) is 37.3 Å². The molecule has 0 aliphatic rings. The molecule has 4 rings (SSSR count). The summed E-state index contributed by atoms with van der Waals surface area (Å²) in [5.41, 5.74) is 3.31. The number of nitrogens with one attached hydrogen (secondary N) is 1. The van der Waals surface area contributed by atoms with E-state index in [1.807, 2.05) is 43.3 Å². The number of ether oxygens (including phenoxy) is 1. The molecule has 0 radical (unpaired) electrons. The van der Waals surface area contributed by atoms with Crippen LogP contribution in [0.15, 0.2) is 61.1 Å². The normalized spacial score (nSPS) is 10.7. The van der Waals surface area contributed by atoms with Crippen molar-refractivity contribution < 1.29 is 9.53 Å². The van der Waals surface area contributed by atoms with E-state index in [0.717, 1.165) is 11.3 Å². The van der Waals surface area contributed by atoms with Gasteiger partial charge in [-0.1, -0.05) is 12.1 Å². The number of hydrogen-bond acceptors (Lipinski definition) is 6. The Morgan fingerprint density at radius 3 is 3.00 bits per heavy atom. The fourth-order valence-corrected chi connectivity index (χ4v) is 2.65. The Bertz CT molecular complexity index is 1110. The van der Waals surface area contributed by atoms with Gasteiger partial charge in [0.05, 0.1) is 12.3 Å². The minimum absolute atomic E-state index is 0.286. The van der Waals surface area contributed by atoms with Crippen molar-refractivity contribution in [3.63, 3.8) is 0 Å². The number of amides is 1. The van der Waals surface area contributed by atoms with Crippen LogP contribution in [0.2, 0.25) is 0 Å². The zero-order valence-electron chi connectivity index (χ0n) is 14.5. The summed E-state index contributed by atoms with van der Waals surface area (Å²) in [5.74, 6) is 0.0271. The van der Waals surface area contributed by atoms with Gasteiger partial charge in [-0.2, -0.15) is 9.61 Å². The van der Waals surface area contributed by atoms with E-state index >= 15 is 0 Å². The highest BCUT2D eigenvalue weighted by atomic mass is 16.5. The Balaban J connectivity index is 1.60.